The van der Waals surface area contributed by atoms with Crippen molar-refractivity contribution in [1.82, 2.24) is 5.32 Å². The number of hydrogen-bond acceptors (Lipinski definition) is 3. The van der Waals surface area contributed by atoms with Crippen molar-refractivity contribution in [2.75, 3.05) is 30.9 Å². The summed E-state index contributed by atoms with van der Waals surface area (Å²) >= 11 is 4.07. The summed E-state index contributed by atoms with van der Waals surface area (Å²) in [6.45, 7) is 4.75. The van der Waals surface area contributed by atoms with Crippen LogP contribution in [-0.2, 0) is 0 Å². The van der Waals surface area contributed by atoms with Gasteiger partial charge >= 0.3 is 0 Å². The van der Waals surface area contributed by atoms with Crippen molar-refractivity contribution >= 4 is 23.5 Å². The highest BCUT2D eigenvalue weighted by atomic mass is 32.2. The molecule has 0 aliphatic carbocycles. The van der Waals surface area contributed by atoms with Crippen molar-refractivity contribution in [2.24, 2.45) is 5.92 Å². The van der Waals surface area contributed by atoms with Gasteiger partial charge in [0.25, 0.3) is 0 Å². The fourth-order valence-electron chi connectivity index (χ4n) is 1.47. The zero-order valence-corrected chi connectivity index (χ0v) is 10.3. The summed E-state index contributed by atoms with van der Waals surface area (Å²) in [6, 6.07) is 0. The highest BCUT2D eigenvalue weighted by molar-refractivity contribution is 7.99. The number of hydrogen-bond donors (Lipinski definition) is 1. The van der Waals surface area contributed by atoms with Crippen molar-refractivity contribution in [2.45, 2.75) is 25.0 Å². The van der Waals surface area contributed by atoms with Crippen LogP contribution in [0.3, 0.4) is 0 Å². The van der Waals surface area contributed by atoms with Crippen LogP contribution in [0.5, 0.6) is 0 Å². The molecule has 2 atom stereocenters. The SMILES string of the molecule is CSC(C)CCNCC1CCSC1. The summed E-state index contributed by atoms with van der Waals surface area (Å²) in [5, 5.41) is 4.38. The zero-order chi connectivity index (χ0) is 9.52. The van der Waals surface area contributed by atoms with Gasteiger partial charge in [-0.05, 0) is 49.6 Å². The van der Waals surface area contributed by atoms with Crippen molar-refractivity contribution in [3.63, 3.8) is 0 Å². The van der Waals surface area contributed by atoms with E-state index in [1.807, 2.05) is 11.8 Å². The number of nitrogens with one attached hydrogen (secondary N) is 1. The largest absolute Gasteiger partial charge is 0.316 e. The van der Waals surface area contributed by atoms with Crippen molar-refractivity contribution in [1.29, 1.82) is 0 Å². The fourth-order valence-corrected chi connectivity index (χ4v) is 3.11. The van der Waals surface area contributed by atoms with Crippen molar-refractivity contribution in [3.8, 4) is 0 Å². The average molecular weight is 219 g/mol. The van der Waals surface area contributed by atoms with Gasteiger partial charge in [0.2, 0.25) is 0 Å². The highest BCUT2D eigenvalue weighted by Gasteiger charge is 2.14. The molecule has 1 fully saturated rings. The molecule has 0 saturated carbocycles. The lowest BCUT2D eigenvalue weighted by Gasteiger charge is -2.11. The minimum absolute atomic E-state index is 0.811. The second-order valence-corrected chi connectivity index (χ2v) is 6.19. The zero-order valence-electron chi connectivity index (χ0n) is 8.71. The van der Waals surface area contributed by atoms with E-state index in [9.17, 15) is 0 Å². The molecule has 0 aromatic carbocycles. The van der Waals surface area contributed by atoms with Gasteiger partial charge in [0.1, 0.15) is 0 Å². The maximum Gasteiger partial charge on any atom is 0.00280 e. The Morgan fingerprint density at radius 3 is 3.08 bits per heavy atom. The molecule has 1 N–H and O–H groups in total. The first-order valence-corrected chi connectivity index (χ1v) is 7.58. The van der Waals surface area contributed by atoms with Gasteiger partial charge in [-0.1, -0.05) is 6.92 Å². The van der Waals surface area contributed by atoms with Crippen molar-refractivity contribution in [3.05, 3.63) is 0 Å². The Hall–Kier alpha value is 0.660. The maximum absolute atomic E-state index is 3.57. The third-order valence-electron chi connectivity index (χ3n) is 2.59. The van der Waals surface area contributed by atoms with Crippen LogP contribution in [0.2, 0.25) is 0 Å². The average Bonchev–Trinajstić information content (AvgIpc) is 2.64. The Balaban J connectivity index is 1.88. The second kappa shape index (κ2) is 7.02. The predicted molar refractivity (Wildman–Crippen MR) is 65.9 cm³/mol. The molecule has 0 radical (unpaired) electrons. The van der Waals surface area contributed by atoms with Gasteiger partial charge in [-0.3, -0.25) is 0 Å². The summed E-state index contributed by atoms with van der Waals surface area (Å²) in [5.74, 6) is 3.72. The second-order valence-electron chi connectivity index (χ2n) is 3.77. The van der Waals surface area contributed by atoms with E-state index in [4.69, 9.17) is 0 Å². The van der Waals surface area contributed by atoms with Crippen LogP contribution >= 0.6 is 23.5 Å². The molecule has 0 aromatic heterocycles. The standard InChI is InChI=1S/C10H21NS2/c1-9(12-2)3-5-11-7-10-4-6-13-8-10/h9-11H,3-8H2,1-2H3. The van der Waals surface area contributed by atoms with Crippen LogP contribution in [0.25, 0.3) is 0 Å². The topological polar surface area (TPSA) is 12.0 Å². The molecule has 0 aromatic rings. The Labute approximate surface area is 90.8 Å². The summed E-state index contributed by atoms with van der Waals surface area (Å²) in [5.41, 5.74) is 0. The van der Waals surface area contributed by atoms with E-state index >= 15 is 0 Å². The Kier molecular flexibility index (Phi) is 6.33. The van der Waals surface area contributed by atoms with E-state index in [0.29, 0.717) is 0 Å². The van der Waals surface area contributed by atoms with Crippen molar-refractivity contribution < 1.29 is 0 Å². The Morgan fingerprint density at radius 2 is 2.46 bits per heavy atom. The van der Waals surface area contributed by atoms with E-state index in [0.717, 1.165) is 11.2 Å². The lowest BCUT2D eigenvalue weighted by molar-refractivity contribution is 0.517. The monoisotopic (exact) mass is 219 g/mol. The first-order chi connectivity index (χ1) is 6.33. The first-order valence-electron chi connectivity index (χ1n) is 5.14. The fraction of sp³-hybridized carbons (Fsp3) is 1.00. The molecule has 0 amide bonds. The van der Waals surface area contributed by atoms with Gasteiger partial charge in [-0.15, -0.1) is 0 Å². The summed E-state index contributed by atoms with van der Waals surface area (Å²) in [7, 11) is 0. The van der Waals surface area contributed by atoms with Crippen LogP contribution in [-0.4, -0.2) is 36.1 Å². The molecular weight excluding hydrogens is 198 g/mol. The Bertz CT molecular complexity index is 124. The molecule has 1 saturated heterocycles. The highest BCUT2D eigenvalue weighted by Crippen LogP contribution is 2.22. The minimum atomic E-state index is 0.811. The van der Waals surface area contributed by atoms with Gasteiger partial charge in [-0.25, -0.2) is 0 Å². The van der Waals surface area contributed by atoms with Gasteiger partial charge < -0.3 is 5.32 Å². The smallest absolute Gasteiger partial charge is 0.00280 e. The molecule has 78 valence electrons. The van der Waals surface area contributed by atoms with Gasteiger partial charge in [0, 0.05) is 5.25 Å². The normalized spacial score (nSPS) is 24.9. The van der Waals surface area contributed by atoms with E-state index in [1.54, 1.807) is 0 Å². The lowest BCUT2D eigenvalue weighted by Crippen LogP contribution is -2.25. The maximum atomic E-state index is 3.57. The molecule has 3 heteroatoms. The van der Waals surface area contributed by atoms with Gasteiger partial charge in [0.15, 0.2) is 0 Å². The quantitative estimate of drug-likeness (QED) is 0.689. The molecule has 2 unspecified atom stereocenters. The molecule has 1 aliphatic heterocycles. The van der Waals surface area contributed by atoms with E-state index in [2.05, 4.69) is 30.3 Å². The lowest BCUT2D eigenvalue weighted by atomic mass is 10.1. The molecular formula is C10H21NS2. The number of thioether (sulfide) groups is 2. The van der Waals surface area contributed by atoms with Crippen LogP contribution in [0, 0.1) is 5.92 Å². The number of rotatable bonds is 6. The molecule has 0 bridgehead atoms. The summed E-state index contributed by atoms with van der Waals surface area (Å²) in [6.07, 6.45) is 4.93. The molecule has 0 spiro atoms. The summed E-state index contributed by atoms with van der Waals surface area (Å²) in [4.78, 5) is 0. The minimum Gasteiger partial charge on any atom is -0.316 e. The van der Waals surface area contributed by atoms with E-state index < -0.39 is 0 Å². The molecule has 1 rings (SSSR count). The third kappa shape index (κ3) is 5.18. The van der Waals surface area contributed by atoms with Crippen LogP contribution in [0.1, 0.15) is 19.8 Å². The van der Waals surface area contributed by atoms with Crippen LogP contribution in [0.4, 0.5) is 0 Å². The summed E-state index contributed by atoms with van der Waals surface area (Å²) < 4.78 is 0. The third-order valence-corrected chi connectivity index (χ3v) is 4.86. The van der Waals surface area contributed by atoms with Crippen LogP contribution < -0.4 is 5.32 Å². The molecule has 1 nitrogen and oxygen atoms in total. The first kappa shape index (κ1) is 11.7. The predicted octanol–water partition coefficient (Wildman–Crippen LogP) is 2.47. The van der Waals surface area contributed by atoms with Crippen LogP contribution in [0.15, 0.2) is 0 Å². The molecule has 13 heavy (non-hydrogen) atoms. The molecule has 1 heterocycles. The molecule has 1 aliphatic rings. The van der Waals surface area contributed by atoms with Gasteiger partial charge in [0.05, 0.1) is 0 Å². The Morgan fingerprint density at radius 1 is 1.62 bits per heavy atom. The van der Waals surface area contributed by atoms with E-state index in [-0.39, 0.29) is 0 Å². The van der Waals surface area contributed by atoms with Gasteiger partial charge in [-0.2, -0.15) is 23.5 Å². The van der Waals surface area contributed by atoms with E-state index in [1.165, 1.54) is 37.4 Å².